The lowest BCUT2D eigenvalue weighted by atomic mass is 9.85. The van der Waals surface area contributed by atoms with Gasteiger partial charge in [0.05, 0.1) is 65.6 Å². The van der Waals surface area contributed by atoms with Gasteiger partial charge >= 0.3 is 5.97 Å². The fraction of sp³-hybridized carbons (Fsp3) is 0.388. The number of β-amino-alcohol motifs (C(OH)–C–C–N with tert-alkyl or cyclic N) is 1. The lowest BCUT2D eigenvalue weighted by Crippen LogP contribution is -2.58. The molecule has 354 valence electrons. The van der Waals surface area contributed by atoms with Crippen LogP contribution in [0.1, 0.15) is 97.1 Å². The number of esters is 1. The molecule has 2 aromatic carbocycles. The first-order valence-electron chi connectivity index (χ1n) is 22.2. The van der Waals surface area contributed by atoms with Gasteiger partial charge in [-0.2, -0.15) is 0 Å². The Morgan fingerprint density at radius 2 is 1.62 bits per heavy atom. The van der Waals surface area contributed by atoms with Crippen LogP contribution in [0.4, 0.5) is 0 Å². The molecule has 1 fully saturated rings. The third-order valence-corrected chi connectivity index (χ3v) is 14.5. The summed E-state index contributed by atoms with van der Waals surface area (Å²) >= 11 is 3.19. The minimum Gasteiger partial charge on any atom is -0.469 e. The predicted octanol–water partition coefficient (Wildman–Crippen LogP) is 6.35. The number of thiazole rings is 1. The van der Waals surface area contributed by atoms with Crippen LogP contribution in [0.2, 0.25) is 0 Å². The normalized spacial score (nSPS) is 17.6. The lowest BCUT2D eigenvalue weighted by Gasteiger charge is -2.35. The van der Waals surface area contributed by atoms with Crippen molar-refractivity contribution in [2.75, 3.05) is 20.3 Å². The van der Waals surface area contributed by atoms with Gasteiger partial charge in [-0.1, -0.05) is 69.3 Å². The molecule has 6 heterocycles. The van der Waals surface area contributed by atoms with Crippen LogP contribution >= 0.6 is 22.7 Å². The van der Waals surface area contributed by atoms with E-state index >= 15 is 0 Å². The van der Waals surface area contributed by atoms with E-state index in [1.165, 1.54) is 18.2 Å². The Balaban J connectivity index is 0.905. The number of aromatic nitrogens is 6. The highest BCUT2D eigenvalue weighted by atomic mass is 32.1. The van der Waals surface area contributed by atoms with Gasteiger partial charge in [0, 0.05) is 34.5 Å². The van der Waals surface area contributed by atoms with Gasteiger partial charge in [-0.05, 0) is 56.7 Å². The second-order valence-electron chi connectivity index (χ2n) is 18.2. The van der Waals surface area contributed by atoms with E-state index in [2.05, 4.69) is 49.6 Å². The molecule has 3 amide bonds. The summed E-state index contributed by atoms with van der Waals surface area (Å²) in [6.07, 6.45) is 2.12. The number of nitrogens with one attached hydrogen (secondary N) is 2. The molecule has 0 unspecified atom stereocenters. The number of aliphatic hydroxyl groups excluding tert-OH is 1. The van der Waals surface area contributed by atoms with Crippen LogP contribution in [-0.4, -0.2) is 108 Å². The van der Waals surface area contributed by atoms with Crippen LogP contribution in [0.5, 0.6) is 5.88 Å². The summed E-state index contributed by atoms with van der Waals surface area (Å²) < 4.78 is 12.7. The molecule has 0 bridgehead atoms. The van der Waals surface area contributed by atoms with Crippen molar-refractivity contribution >= 4 is 52.1 Å². The van der Waals surface area contributed by atoms with Crippen LogP contribution in [-0.2, 0) is 23.9 Å². The molecule has 2 aliphatic heterocycles. The smallest absolute Gasteiger partial charge is 0.308 e. The molecule has 1 saturated heterocycles. The molecule has 17 nitrogen and oxygen atoms in total. The Morgan fingerprint density at radius 1 is 0.912 bits per heavy atom. The lowest BCUT2D eigenvalue weighted by molar-refractivity contribution is -0.144. The number of rotatable bonds is 13. The minimum absolute atomic E-state index is 0.000465. The summed E-state index contributed by atoms with van der Waals surface area (Å²) in [7, 11) is 1.35. The molecule has 3 N–H and O–H groups in total. The predicted molar refractivity (Wildman–Crippen MR) is 258 cm³/mol. The largest absolute Gasteiger partial charge is 0.469 e. The Bertz CT molecular complexity index is 2880. The zero-order chi connectivity index (χ0) is 48.6. The van der Waals surface area contributed by atoms with E-state index in [1.54, 1.807) is 28.9 Å². The molecule has 0 spiro atoms. The number of ether oxygens (including phenoxy) is 2. The SMILES string of the molecule is COC(=O)C[C@@H]1N=C(c2ccc(-c3cnc(OCC(=O)N[C@H](C(=O)N4C[C@H](O)C[C@H]4C(=O)N[C@@H](C)c4ccc(-c5scnc5C)cc4)C(C)(C)C)cn3)cc2)c2c(sc(C)c2C)-n2c(C)nnc21. The van der Waals surface area contributed by atoms with Crippen molar-refractivity contribution in [2.24, 2.45) is 10.4 Å². The molecule has 0 radical (unpaired) electrons. The molecule has 19 heteroatoms. The molecular formula is C49H54N10O7S2. The number of nitrogens with zero attached hydrogens (tertiary/aromatic N) is 8. The van der Waals surface area contributed by atoms with E-state index in [4.69, 9.17) is 14.5 Å². The summed E-state index contributed by atoms with van der Waals surface area (Å²) in [5.41, 5.74) is 8.85. The Morgan fingerprint density at radius 3 is 2.26 bits per heavy atom. The topological polar surface area (TPSA) is 216 Å². The van der Waals surface area contributed by atoms with Crippen molar-refractivity contribution < 1.29 is 33.8 Å². The first kappa shape index (κ1) is 47.8. The average molecular weight is 959 g/mol. The number of thiophene rings is 1. The third kappa shape index (κ3) is 9.82. The number of likely N-dealkylation sites (tertiary alicyclic amines) is 1. The monoisotopic (exact) mass is 958 g/mol. The van der Waals surface area contributed by atoms with E-state index in [1.807, 2.05) is 100 Å². The van der Waals surface area contributed by atoms with Gasteiger partial charge < -0.3 is 30.1 Å². The number of methoxy groups -OCH3 is 1. The van der Waals surface area contributed by atoms with Crippen molar-refractivity contribution in [3.8, 4) is 32.6 Å². The number of amides is 3. The highest BCUT2D eigenvalue weighted by Crippen LogP contribution is 2.40. The summed E-state index contributed by atoms with van der Waals surface area (Å²) in [5, 5.41) is 26.2. The molecule has 4 aromatic heterocycles. The number of aryl methyl sites for hydroxylation is 3. The first-order valence-corrected chi connectivity index (χ1v) is 23.9. The molecular weight excluding hydrogens is 905 g/mol. The maximum atomic E-state index is 14.2. The second kappa shape index (κ2) is 19.5. The molecule has 0 aliphatic carbocycles. The van der Waals surface area contributed by atoms with Gasteiger partial charge in [0.25, 0.3) is 5.91 Å². The van der Waals surface area contributed by atoms with Crippen molar-refractivity contribution in [3.63, 3.8) is 0 Å². The number of fused-ring (bicyclic) bond motifs is 3. The maximum Gasteiger partial charge on any atom is 0.308 e. The van der Waals surface area contributed by atoms with Gasteiger partial charge in [0.2, 0.25) is 17.7 Å². The number of hydrogen-bond donors (Lipinski definition) is 3. The maximum absolute atomic E-state index is 14.2. The van der Waals surface area contributed by atoms with Crippen LogP contribution in [0.15, 0.2) is 71.4 Å². The van der Waals surface area contributed by atoms with Crippen LogP contribution in [0.25, 0.3) is 26.7 Å². The quantitative estimate of drug-likeness (QED) is 0.108. The van der Waals surface area contributed by atoms with E-state index < -0.39 is 59.9 Å². The summed E-state index contributed by atoms with van der Waals surface area (Å²) in [5.74, 6) is -0.487. The minimum atomic E-state index is -1.04. The van der Waals surface area contributed by atoms with Gasteiger partial charge in [0.15, 0.2) is 12.4 Å². The van der Waals surface area contributed by atoms with Crippen molar-refractivity contribution in [1.29, 1.82) is 0 Å². The molecule has 6 aromatic rings. The summed E-state index contributed by atoms with van der Waals surface area (Å²) in [6.45, 7) is 14.8. The summed E-state index contributed by atoms with van der Waals surface area (Å²) in [4.78, 5) is 75.8. The second-order valence-corrected chi connectivity index (χ2v) is 20.2. The number of benzene rings is 2. The molecule has 5 atom stereocenters. The van der Waals surface area contributed by atoms with Crippen molar-refractivity contribution in [2.45, 2.75) is 98.5 Å². The molecule has 0 saturated carbocycles. The number of hydrogen-bond acceptors (Lipinski definition) is 15. The fourth-order valence-corrected chi connectivity index (χ4v) is 10.5. The van der Waals surface area contributed by atoms with Gasteiger partial charge in [-0.3, -0.25) is 28.7 Å². The standard InChI is InChI=1S/C49H54N10O7S2/c1-25-28(4)68-48-41(25)42(54-35(19-40(62)65-9)45-57-56-29(5)59(45)48)32-14-12-31(13-15-32)36-20-51-39(21-50-36)66-23-38(61)55-44(49(6,7)8)47(64)58-22-34(60)18-37(58)46(63)53-26(2)30-10-16-33(17-11-30)43-27(3)52-24-67-43/h10-17,20-21,24,26,34-35,37,44,60H,18-19,22-23H2,1-9H3,(H,53,63)(H,55,61)/t26-,34+,35-,37-,44+/m0/s1. The number of carbonyl (C=O) groups excluding carboxylic acids is 4. The van der Waals surface area contributed by atoms with E-state index in [0.29, 0.717) is 17.3 Å². The van der Waals surface area contributed by atoms with Crippen molar-refractivity contribution in [1.82, 2.24) is 45.2 Å². The van der Waals surface area contributed by atoms with Crippen LogP contribution in [0, 0.1) is 33.1 Å². The van der Waals surface area contributed by atoms with Crippen molar-refractivity contribution in [3.05, 3.63) is 111 Å². The van der Waals surface area contributed by atoms with E-state index in [9.17, 15) is 24.3 Å². The summed E-state index contributed by atoms with van der Waals surface area (Å²) in [6, 6.07) is 12.7. The Kier molecular flexibility index (Phi) is 13.7. The van der Waals surface area contributed by atoms with Gasteiger partial charge in [0.1, 0.15) is 29.0 Å². The molecule has 2 aliphatic rings. The first-order chi connectivity index (χ1) is 32.4. The average Bonchev–Trinajstić information content (AvgIpc) is 4.09. The van der Waals surface area contributed by atoms with Gasteiger partial charge in [-0.15, -0.1) is 32.9 Å². The number of aliphatic imine (C=N–C) groups is 1. The zero-order valence-electron chi connectivity index (χ0n) is 39.4. The molecule has 68 heavy (non-hydrogen) atoms. The highest BCUT2D eigenvalue weighted by molar-refractivity contribution is 7.15. The third-order valence-electron chi connectivity index (χ3n) is 12.3. The Labute approximate surface area is 402 Å². The Hall–Kier alpha value is -6.70. The van der Waals surface area contributed by atoms with E-state index in [0.717, 1.165) is 59.5 Å². The number of aliphatic hydroxyl groups is 1. The fourth-order valence-electron chi connectivity index (χ4n) is 8.46. The highest BCUT2D eigenvalue weighted by Gasteiger charge is 2.45. The van der Waals surface area contributed by atoms with Crippen LogP contribution in [0.3, 0.4) is 0 Å². The van der Waals surface area contributed by atoms with E-state index in [-0.39, 0.29) is 31.3 Å². The number of carbonyl (C=O) groups is 4. The molecule has 8 rings (SSSR count). The zero-order valence-corrected chi connectivity index (χ0v) is 41.0. The van der Waals surface area contributed by atoms with Crippen LogP contribution < -0.4 is 15.4 Å². The van der Waals surface area contributed by atoms with Gasteiger partial charge in [-0.25, -0.2) is 15.0 Å².